The van der Waals surface area contributed by atoms with Crippen LogP contribution in [-0.2, 0) is 20.0 Å². The van der Waals surface area contributed by atoms with Crippen molar-refractivity contribution in [2.75, 3.05) is 0 Å². The van der Waals surface area contributed by atoms with E-state index in [1.807, 2.05) is 11.7 Å². The standard InChI is InChI=1S/C11H15N3S/c1-3-10-9(7-14(2)13-10)8-4-5-15-11(8)6-12/h4-5,7H,3,6,12H2,1-2H3. The Morgan fingerprint density at radius 1 is 1.47 bits per heavy atom. The van der Waals surface area contributed by atoms with Crippen LogP contribution in [0, 0.1) is 0 Å². The summed E-state index contributed by atoms with van der Waals surface area (Å²) in [6.07, 6.45) is 3.02. The highest BCUT2D eigenvalue weighted by Gasteiger charge is 2.12. The van der Waals surface area contributed by atoms with Crippen molar-refractivity contribution in [3.63, 3.8) is 0 Å². The third-order valence-electron chi connectivity index (χ3n) is 2.46. The van der Waals surface area contributed by atoms with E-state index in [0.717, 1.165) is 12.1 Å². The molecule has 0 aliphatic heterocycles. The van der Waals surface area contributed by atoms with Crippen LogP contribution in [0.5, 0.6) is 0 Å². The van der Waals surface area contributed by atoms with Gasteiger partial charge in [0.15, 0.2) is 0 Å². The Kier molecular flexibility index (Phi) is 2.88. The Balaban J connectivity index is 2.52. The van der Waals surface area contributed by atoms with Gasteiger partial charge in [-0.25, -0.2) is 0 Å². The number of thiophene rings is 1. The molecular weight excluding hydrogens is 206 g/mol. The average Bonchev–Trinajstić information content (AvgIpc) is 2.82. The second-order valence-electron chi connectivity index (χ2n) is 3.48. The molecule has 0 fully saturated rings. The first-order valence-electron chi connectivity index (χ1n) is 5.05. The SMILES string of the molecule is CCc1nn(C)cc1-c1ccsc1CN. The van der Waals surface area contributed by atoms with Crippen molar-refractivity contribution in [2.45, 2.75) is 19.9 Å². The molecule has 0 unspecified atom stereocenters. The van der Waals surface area contributed by atoms with Gasteiger partial charge in [0.2, 0.25) is 0 Å². The van der Waals surface area contributed by atoms with Gasteiger partial charge in [-0.05, 0) is 17.9 Å². The molecule has 80 valence electrons. The Morgan fingerprint density at radius 3 is 2.93 bits per heavy atom. The van der Waals surface area contributed by atoms with E-state index in [2.05, 4.69) is 29.7 Å². The zero-order valence-corrected chi connectivity index (χ0v) is 9.84. The molecule has 0 bridgehead atoms. The van der Waals surface area contributed by atoms with Gasteiger partial charge in [0.25, 0.3) is 0 Å². The second-order valence-corrected chi connectivity index (χ2v) is 4.48. The fourth-order valence-electron chi connectivity index (χ4n) is 1.76. The fraction of sp³-hybridized carbons (Fsp3) is 0.364. The normalized spacial score (nSPS) is 10.9. The lowest BCUT2D eigenvalue weighted by molar-refractivity contribution is 0.746. The molecule has 0 aromatic carbocycles. The largest absolute Gasteiger partial charge is 0.326 e. The fourth-order valence-corrected chi connectivity index (χ4v) is 2.53. The molecule has 0 radical (unpaired) electrons. The number of nitrogens with zero attached hydrogens (tertiary/aromatic N) is 2. The molecule has 2 N–H and O–H groups in total. The molecule has 0 amide bonds. The Bertz CT molecular complexity index is 456. The summed E-state index contributed by atoms with van der Waals surface area (Å²) >= 11 is 1.71. The topological polar surface area (TPSA) is 43.8 Å². The van der Waals surface area contributed by atoms with E-state index in [1.54, 1.807) is 11.3 Å². The van der Waals surface area contributed by atoms with E-state index in [4.69, 9.17) is 5.73 Å². The molecule has 2 heterocycles. The lowest BCUT2D eigenvalue weighted by atomic mass is 10.1. The first-order valence-corrected chi connectivity index (χ1v) is 5.93. The molecule has 4 heteroatoms. The van der Waals surface area contributed by atoms with Gasteiger partial charge < -0.3 is 5.73 Å². The third kappa shape index (κ3) is 1.82. The van der Waals surface area contributed by atoms with Crippen LogP contribution < -0.4 is 5.73 Å². The van der Waals surface area contributed by atoms with Crippen molar-refractivity contribution in [2.24, 2.45) is 12.8 Å². The smallest absolute Gasteiger partial charge is 0.0700 e. The molecule has 2 aromatic heterocycles. The Morgan fingerprint density at radius 2 is 2.27 bits per heavy atom. The van der Waals surface area contributed by atoms with E-state index in [-0.39, 0.29) is 0 Å². The summed E-state index contributed by atoms with van der Waals surface area (Å²) in [5.41, 5.74) is 9.32. The third-order valence-corrected chi connectivity index (χ3v) is 3.40. The van der Waals surface area contributed by atoms with E-state index >= 15 is 0 Å². The van der Waals surface area contributed by atoms with Gasteiger partial charge in [-0.15, -0.1) is 11.3 Å². The highest BCUT2D eigenvalue weighted by molar-refractivity contribution is 7.10. The van der Waals surface area contributed by atoms with Gasteiger partial charge >= 0.3 is 0 Å². The molecule has 2 rings (SSSR count). The summed E-state index contributed by atoms with van der Waals surface area (Å²) in [4.78, 5) is 1.23. The number of hydrogen-bond acceptors (Lipinski definition) is 3. The molecule has 0 atom stereocenters. The van der Waals surface area contributed by atoms with Gasteiger partial charge in [0.05, 0.1) is 5.69 Å². The maximum absolute atomic E-state index is 5.71. The molecule has 3 nitrogen and oxygen atoms in total. The first kappa shape index (κ1) is 10.4. The lowest BCUT2D eigenvalue weighted by Gasteiger charge is -2.00. The van der Waals surface area contributed by atoms with Crippen LogP contribution in [0.2, 0.25) is 0 Å². The molecule has 15 heavy (non-hydrogen) atoms. The van der Waals surface area contributed by atoms with E-state index < -0.39 is 0 Å². The summed E-state index contributed by atoms with van der Waals surface area (Å²) in [6, 6.07) is 2.13. The van der Waals surface area contributed by atoms with Crippen molar-refractivity contribution in [3.05, 3.63) is 28.2 Å². The molecule has 0 aliphatic carbocycles. The van der Waals surface area contributed by atoms with Gasteiger partial charge in [-0.2, -0.15) is 5.10 Å². The van der Waals surface area contributed by atoms with E-state index in [0.29, 0.717) is 6.54 Å². The number of aromatic nitrogens is 2. The van der Waals surface area contributed by atoms with E-state index in [1.165, 1.54) is 16.0 Å². The summed E-state index contributed by atoms with van der Waals surface area (Å²) in [6.45, 7) is 2.73. The highest BCUT2D eigenvalue weighted by atomic mass is 32.1. The monoisotopic (exact) mass is 221 g/mol. The quantitative estimate of drug-likeness (QED) is 0.863. The van der Waals surface area contributed by atoms with Gasteiger partial charge in [-0.1, -0.05) is 6.92 Å². The minimum absolute atomic E-state index is 0.602. The number of hydrogen-bond donors (Lipinski definition) is 1. The first-order chi connectivity index (χ1) is 7.26. The molecule has 0 saturated carbocycles. The maximum Gasteiger partial charge on any atom is 0.0700 e. The predicted octanol–water partition coefficient (Wildman–Crippen LogP) is 2.17. The van der Waals surface area contributed by atoms with Crippen LogP contribution in [0.15, 0.2) is 17.6 Å². The molecule has 0 aliphatic rings. The predicted molar refractivity (Wildman–Crippen MR) is 63.8 cm³/mol. The zero-order chi connectivity index (χ0) is 10.8. The minimum atomic E-state index is 0.602. The Labute approximate surface area is 93.5 Å². The number of aryl methyl sites for hydroxylation is 2. The van der Waals surface area contributed by atoms with Crippen LogP contribution >= 0.6 is 11.3 Å². The van der Waals surface area contributed by atoms with Crippen molar-refractivity contribution in [1.29, 1.82) is 0 Å². The zero-order valence-electron chi connectivity index (χ0n) is 9.03. The van der Waals surface area contributed by atoms with Gasteiger partial charge in [0, 0.05) is 35.8 Å². The van der Waals surface area contributed by atoms with Crippen molar-refractivity contribution in [3.8, 4) is 11.1 Å². The van der Waals surface area contributed by atoms with Crippen LogP contribution in [0.25, 0.3) is 11.1 Å². The highest BCUT2D eigenvalue weighted by Crippen LogP contribution is 2.30. The van der Waals surface area contributed by atoms with Gasteiger partial charge in [0.1, 0.15) is 0 Å². The molecule has 2 aromatic rings. The van der Waals surface area contributed by atoms with Crippen molar-refractivity contribution >= 4 is 11.3 Å². The van der Waals surface area contributed by atoms with E-state index in [9.17, 15) is 0 Å². The van der Waals surface area contributed by atoms with Crippen LogP contribution in [0.4, 0.5) is 0 Å². The number of nitrogens with two attached hydrogens (primary N) is 1. The van der Waals surface area contributed by atoms with Crippen LogP contribution in [0.3, 0.4) is 0 Å². The Hall–Kier alpha value is -1.13. The molecular formula is C11H15N3S. The summed E-state index contributed by atoms with van der Waals surface area (Å²) in [5.74, 6) is 0. The van der Waals surface area contributed by atoms with Crippen LogP contribution in [0.1, 0.15) is 17.5 Å². The lowest BCUT2D eigenvalue weighted by Crippen LogP contribution is -1.95. The second kappa shape index (κ2) is 4.16. The van der Waals surface area contributed by atoms with Gasteiger partial charge in [-0.3, -0.25) is 4.68 Å². The average molecular weight is 221 g/mol. The number of rotatable bonds is 3. The molecule has 0 saturated heterocycles. The molecule has 0 spiro atoms. The van der Waals surface area contributed by atoms with Crippen molar-refractivity contribution in [1.82, 2.24) is 9.78 Å². The summed E-state index contributed by atoms with van der Waals surface area (Å²) < 4.78 is 1.87. The maximum atomic E-state index is 5.71. The minimum Gasteiger partial charge on any atom is -0.326 e. The van der Waals surface area contributed by atoms with Crippen LogP contribution in [-0.4, -0.2) is 9.78 Å². The summed E-state index contributed by atoms with van der Waals surface area (Å²) in [5, 5.41) is 6.53. The van der Waals surface area contributed by atoms with Crippen molar-refractivity contribution < 1.29 is 0 Å². The summed E-state index contributed by atoms with van der Waals surface area (Å²) in [7, 11) is 1.96.